The van der Waals surface area contributed by atoms with Crippen molar-refractivity contribution in [2.24, 2.45) is 5.92 Å². The third kappa shape index (κ3) is 2.95. The van der Waals surface area contributed by atoms with Crippen LogP contribution in [0.15, 0.2) is 12.1 Å². The van der Waals surface area contributed by atoms with Crippen molar-refractivity contribution >= 4 is 5.78 Å². The predicted octanol–water partition coefficient (Wildman–Crippen LogP) is 4.43. The fourth-order valence-electron chi connectivity index (χ4n) is 2.62. The molecule has 1 nitrogen and oxygen atoms in total. The Morgan fingerprint density at radius 2 is 1.83 bits per heavy atom. The molecule has 0 aliphatic heterocycles. The minimum absolute atomic E-state index is 0.0938. The summed E-state index contributed by atoms with van der Waals surface area (Å²) in [4.78, 5) is 12.0. The van der Waals surface area contributed by atoms with Crippen LogP contribution in [0.1, 0.15) is 54.4 Å². The molecule has 1 aromatic rings. The summed E-state index contributed by atoms with van der Waals surface area (Å²) in [6.45, 7) is 1.49. The number of halogens is 2. The number of carbonyl (C=O) groups is 1. The highest BCUT2D eigenvalue weighted by atomic mass is 19.1. The molecule has 0 aromatic heterocycles. The van der Waals surface area contributed by atoms with Crippen LogP contribution >= 0.6 is 0 Å². The number of hydrogen-bond donors (Lipinski definition) is 0. The molecule has 0 saturated heterocycles. The van der Waals surface area contributed by atoms with E-state index in [1.54, 1.807) is 0 Å². The first-order chi connectivity index (χ1) is 8.58. The van der Waals surface area contributed by atoms with Gasteiger partial charge in [-0.15, -0.1) is 0 Å². The molecular weight excluding hydrogens is 234 g/mol. The molecule has 0 N–H and O–H groups in total. The lowest BCUT2D eigenvalue weighted by atomic mass is 9.84. The molecule has 0 unspecified atom stereocenters. The van der Waals surface area contributed by atoms with E-state index in [9.17, 15) is 13.6 Å². The van der Waals surface area contributed by atoms with Crippen LogP contribution in [0, 0.1) is 24.5 Å². The lowest BCUT2D eigenvalue weighted by Crippen LogP contribution is -2.13. The summed E-state index contributed by atoms with van der Waals surface area (Å²) < 4.78 is 27.0. The fourth-order valence-corrected chi connectivity index (χ4v) is 2.62. The molecular formula is C15H18F2O. The molecule has 1 aromatic carbocycles. The van der Waals surface area contributed by atoms with Gasteiger partial charge in [-0.25, -0.2) is 8.78 Å². The lowest BCUT2D eigenvalue weighted by molar-refractivity contribution is 0.0945. The zero-order valence-electron chi connectivity index (χ0n) is 10.6. The highest BCUT2D eigenvalue weighted by molar-refractivity contribution is 5.96. The monoisotopic (exact) mass is 252 g/mol. The van der Waals surface area contributed by atoms with Gasteiger partial charge in [-0.2, -0.15) is 0 Å². The molecule has 98 valence electrons. The molecule has 1 aliphatic rings. The number of ketones is 1. The standard InChI is InChI=1S/C15H18F2O/c1-10-7-14(17)12(9-13(10)16)15(18)8-11-5-3-2-4-6-11/h7,9,11H,2-6,8H2,1H3. The number of carbonyl (C=O) groups excluding carboxylic acids is 1. The van der Waals surface area contributed by atoms with Crippen LogP contribution in [-0.2, 0) is 0 Å². The summed E-state index contributed by atoms with van der Waals surface area (Å²) in [6.07, 6.45) is 5.91. The maximum absolute atomic E-state index is 13.6. The van der Waals surface area contributed by atoms with Crippen molar-refractivity contribution in [3.05, 3.63) is 34.9 Å². The second kappa shape index (κ2) is 5.59. The average molecular weight is 252 g/mol. The lowest BCUT2D eigenvalue weighted by Gasteiger charge is -2.20. The van der Waals surface area contributed by atoms with Crippen LogP contribution in [0.4, 0.5) is 8.78 Å². The summed E-state index contributed by atoms with van der Waals surface area (Å²) in [7, 11) is 0. The summed E-state index contributed by atoms with van der Waals surface area (Å²) in [6, 6.07) is 2.14. The number of Topliss-reactive ketones (excluding diaryl/α,β-unsaturated/α-hetero) is 1. The van der Waals surface area contributed by atoms with Crippen molar-refractivity contribution in [1.29, 1.82) is 0 Å². The minimum Gasteiger partial charge on any atom is -0.294 e. The predicted molar refractivity (Wildman–Crippen MR) is 66.6 cm³/mol. The van der Waals surface area contributed by atoms with E-state index in [0.29, 0.717) is 12.3 Å². The maximum atomic E-state index is 13.6. The molecule has 0 spiro atoms. The van der Waals surface area contributed by atoms with Crippen molar-refractivity contribution < 1.29 is 13.6 Å². The molecule has 1 aliphatic carbocycles. The largest absolute Gasteiger partial charge is 0.294 e. The SMILES string of the molecule is Cc1cc(F)c(C(=O)CC2CCCCC2)cc1F. The number of benzene rings is 1. The van der Waals surface area contributed by atoms with Crippen LogP contribution in [-0.4, -0.2) is 5.78 Å². The Labute approximate surface area is 106 Å². The quantitative estimate of drug-likeness (QED) is 0.727. The molecule has 0 heterocycles. The van der Waals surface area contributed by atoms with Gasteiger partial charge in [0.25, 0.3) is 0 Å². The minimum atomic E-state index is -0.602. The smallest absolute Gasteiger partial charge is 0.166 e. The Bertz CT molecular complexity index is 448. The van der Waals surface area contributed by atoms with Crippen molar-refractivity contribution in [1.82, 2.24) is 0 Å². The van der Waals surface area contributed by atoms with Crippen LogP contribution in [0.25, 0.3) is 0 Å². The van der Waals surface area contributed by atoms with Crippen LogP contribution in [0.2, 0.25) is 0 Å². The molecule has 1 saturated carbocycles. The number of hydrogen-bond acceptors (Lipinski definition) is 1. The third-order valence-corrected chi connectivity index (χ3v) is 3.75. The average Bonchev–Trinajstić information content (AvgIpc) is 2.35. The summed E-state index contributed by atoms with van der Waals surface area (Å²) >= 11 is 0. The van der Waals surface area contributed by atoms with Crippen molar-refractivity contribution in [3.63, 3.8) is 0 Å². The Hall–Kier alpha value is -1.25. The maximum Gasteiger partial charge on any atom is 0.166 e. The second-order valence-corrected chi connectivity index (χ2v) is 5.21. The highest BCUT2D eigenvalue weighted by Gasteiger charge is 2.21. The molecule has 0 radical (unpaired) electrons. The van der Waals surface area contributed by atoms with Crippen molar-refractivity contribution in [3.8, 4) is 0 Å². The molecule has 0 amide bonds. The van der Waals surface area contributed by atoms with Crippen LogP contribution in [0.5, 0.6) is 0 Å². The highest BCUT2D eigenvalue weighted by Crippen LogP contribution is 2.28. The number of aryl methyl sites for hydroxylation is 1. The van der Waals surface area contributed by atoms with E-state index in [4.69, 9.17) is 0 Å². The normalized spacial score (nSPS) is 16.8. The molecule has 1 fully saturated rings. The summed E-state index contributed by atoms with van der Waals surface area (Å²) in [5.41, 5.74) is 0.144. The van der Waals surface area contributed by atoms with Crippen LogP contribution < -0.4 is 0 Å². The van der Waals surface area contributed by atoms with Gasteiger partial charge < -0.3 is 0 Å². The third-order valence-electron chi connectivity index (χ3n) is 3.75. The van der Waals surface area contributed by atoms with Gasteiger partial charge >= 0.3 is 0 Å². The Kier molecular flexibility index (Phi) is 4.10. The first kappa shape index (κ1) is 13.2. The van der Waals surface area contributed by atoms with E-state index in [1.165, 1.54) is 13.3 Å². The number of rotatable bonds is 3. The Balaban J connectivity index is 2.10. The van der Waals surface area contributed by atoms with E-state index >= 15 is 0 Å². The topological polar surface area (TPSA) is 17.1 Å². The van der Waals surface area contributed by atoms with Crippen molar-refractivity contribution in [2.75, 3.05) is 0 Å². The zero-order valence-corrected chi connectivity index (χ0v) is 10.6. The van der Waals surface area contributed by atoms with Gasteiger partial charge in [-0.1, -0.05) is 32.1 Å². The van der Waals surface area contributed by atoms with E-state index in [-0.39, 0.29) is 16.9 Å². The first-order valence-electron chi connectivity index (χ1n) is 6.57. The van der Waals surface area contributed by atoms with E-state index in [0.717, 1.165) is 37.8 Å². The molecule has 0 bridgehead atoms. The van der Waals surface area contributed by atoms with Crippen LogP contribution in [0.3, 0.4) is 0 Å². The van der Waals surface area contributed by atoms with E-state index in [1.807, 2.05) is 0 Å². The molecule has 0 atom stereocenters. The van der Waals surface area contributed by atoms with Gasteiger partial charge in [0.15, 0.2) is 5.78 Å². The van der Waals surface area contributed by atoms with Gasteiger partial charge in [0.05, 0.1) is 5.56 Å². The molecule has 3 heteroatoms. The Morgan fingerprint density at radius 3 is 2.50 bits per heavy atom. The van der Waals surface area contributed by atoms with Gasteiger partial charge in [0.1, 0.15) is 11.6 Å². The first-order valence-corrected chi connectivity index (χ1v) is 6.57. The van der Waals surface area contributed by atoms with E-state index < -0.39 is 11.6 Å². The van der Waals surface area contributed by atoms with E-state index in [2.05, 4.69) is 0 Å². The fraction of sp³-hybridized carbons (Fsp3) is 0.533. The van der Waals surface area contributed by atoms with Crippen molar-refractivity contribution in [2.45, 2.75) is 45.4 Å². The Morgan fingerprint density at radius 1 is 1.17 bits per heavy atom. The zero-order chi connectivity index (χ0) is 13.1. The van der Waals surface area contributed by atoms with Gasteiger partial charge in [-0.05, 0) is 30.5 Å². The molecule has 2 rings (SSSR count). The van der Waals surface area contributed by atoms with Gasteiger partial charge in [0.2, 0.25) is 0 Å². The summed E-state index contributed by atoms with van der Waals surface area (Å²) in [5, 5.41) is 0. The summed E-state index contributed by atoms with van der Waals surface area (Å²) in [5.74, 6) is -1.04. The molecule has 18 heavy (non-hydrogen) atoms. The van der Waals surface area contributed by atoms with Gasteiger partial charge in [-0.3, -0.25) is 4.79 Å². The van der Waals surface area contributed by atoms with Gasteiger partial charge in [0, 0.05) is 6.42 Å². The second-order valence-electron chi connectivity index (χ2n) is 5.21.